The van der Waals surface area contributed by atoms with Gasteiger partial charge in [-0.1, -0.05) is 13.2 Å². The predicted octanol–water partition coefficient (Wildman–Crippen LogP) is 1.39. The Balaban J connectivity index is 3.80. The fourth-order valence-electron chi connectivity index (χ4n) is 0.347. The molecule has 4 nitrogen and oxygen atoms in total. The van der Waals surface area contributed by atoms with Gasteiger partial charge in [0.15, 0.2) is 0 Å². The standard InChI is InChI=1S/C7H9O4P/c1-4-6(8)10-12(3)11-7(9)5-2/h4-5H,1-2H2,3H3. The number of hydrogen-bond acceptors (Lipinski definition) is 4. The molecule has 0 radical (unpaired) electrons. The van der Waals surface area contributed by atoms with Crippen LogP contribution in [0, 0.1) is 0 Å². The van der Waals surface area contributed by atoms with Crippen LogP contribution >= 0.6 is 8.38 Å². The first kappa shape index (κ1) is 10.8. The summed E-state index contributed by atoms with van der Waals surface area (Å²) in [5.74, 6) is -1.22. The SMILES string of the molecule is C=CC(=O)OP(C)OC(=O)C=C. The fraction of sp³-hybridized carbons (Fsp3) is 0.143. The third-order valence-corrected chi connectivity index (χ3v) is 1.64. The normalized spacial score (nSPS) is 8.83. The first-order valence-corrected chi connectivity index (χ1v) is 4.65. The van der Waals surface area contributed by atoms with Crippen LogP contribution in [0.3, 0.4) is 0 Å². The second kappa shape index (κ2) is 5.49. The van der Waals surface area contributed by atoms with Gasteiger partial charge in [-0.25, -0.2) is 9.59 Å². The van der Waals surface area contributed by atoms with E-state index in [0.29, 0.717) is 0 Å². The van der Waals surface area contributed by atoms with Gasteiger partial charge < -0.3 is 9.05 Å². The van der Waals surface area contributed by atoms with Gasteiger partial charge >= 0.3 is 11.9 Å². The quantitative estimate of drug-likeness (QED) is 0.494. The van der Waals surface area contributed by atoms with Crippen LogP contribution in [-0.2, 0) is 18.6 Å². The topological polar surface area (TPSA) is 52.6 Å². The molecule has 0 bridgehead atoms. The van der Waals surface area contributed by atoms with Gasteiger partial charge in [-0.15, -0.1) is 0 Å². The van der Waals surface area contributed by atoms with E-state index in [4.69, 9.17) is 0 Å². The van der Waals surface area contributed by atoms with E-state index in [1.807, 2.05) is 0 Å². The Hall–Kier alpha value is -1.15. The van der Waals surface area contributed by atoms with Crippen molar-refractivity contribution < 1.29 is 18.6 Å². The Bertz CT molecular complexity index is 189. The summed E-state index contributed by atoms with van der Waals surface area (Å²) in [6.07, 6.45) is 2.00. The van der Waals surface area contributed by atoms with Gasteiger partial charge in [0, 0.05) is 18.8 Å². The van der Waals surface area contributed by atoms with E-state index in [9.17, 15) is 9.59 Å². The predicted molar refractivity (Wildman–Crippen MR) is 45.4 cm³/mol. The molecule has 0 atom stereocenters. The molecule has 0 aromatic rings. The van der Waals surface area contributed by atoms with Crippen LogP contribution < -0.4 is 0 Å². The van der Waals surface area contributed by atoms with Gasteiger partial charge in [-0.05, 0) is 0 Å². The lowest BCUT2D eigenvalue weighted by atomic mass is 10.7. The molecule has 0 amide bonds. The summed E-state index contributed by atoms with van der Waals surface area (Å²) < 4.78 is 9.18. The van der Waals surface area contributed by atoms with E-state index in [1.54, 1.807) is 0 Å². The smallest absolute Gasteiger partial charge is 0.335 e. The Morgan fingerprint density at radius 2 is 1.50 bits per heavy atom. The molecule has 0 spiro atoms. The van der Waals surface area contributed by atoms with Crippen LogP contribution in [0.15, 0.2) is 25.3 Å². The number of hydrogen-bond donors (Lipinski definition) is 0. The van der Waals surface area contributed by atoms with Crippen molar-refractivity contribution in [1.82, 2.24) is 0 Å². The van der Waals surface area contributed by atoms with E-state index in [2.05, 4.69) is 22.2 Å². The molecule has 0 aliphatic heterocycles. The number of carbonyl (C=O) groups excluding carboxylic acids is 2. The second-order valence-electron chi connectivity index (χ2n) is 1.67. The lowest BCUT2D eigenvalue weighted by molar-refractivity contribution is -0.131. The number of carbonyl (C=O) groups is 2. The zero-order chi connectivity index (χ0) is 9.56. The second-order valence-corrected chi connectivity index (χ2v) is 2.91. The van der Waals surface area contributed by atoms with E-state index < -0.39 is 20.3 Å². The Morgan fingerprint density at radius 1 is 1.17 bits per heavy atom. The molecule has 0 fully saturated rings. The van der Waals surface area contributed by atoms with Crippen LogP contribution in [-0.4, -0.2) is 18.6 Å². The minimum absolute atomic E-state index is 0.611. The molecule has 0 rings (SSSR count). The molecular weight excluding hydrogens is 179 g/mol. The van der Waals surface area contributed by atoms with Crippen LogP contribution in [0.25, 0.3) is 0 Å². The molecule has 0 aliphatic rings. The summed E-state index contributed by atoms with van der Waals surface area (Å²) in [4.78, 5) is 21.1. The highest BCUT2D eigenvalue weighted by Gasteiger charge is 2.10. The molecular formula is C7H9O4P. The third kappa shape index (κ3) is 4.63. The minimum Gasteiger partial charge on any atom is -0.404 e. The maximum atomic E-state index is 10.6. The summed E-state index contributed by atoms with van der Waals surface area (Å²) in [5.41, 5.74) is 0. The van der Waals surface area contributed by atoms with Crippen molar-refractivity contribution in [3.63, 3.8) is 0 Å². The lowest BCUT2D eigenvalue weighted by Crippen LogP contribution is -2.00. The monoisotopic (exact) mass is 188 g/mol. The Morgan fingerprint density at radius 3 is 1.75 bits per heavy atom. The molecule has 12 heavy (non-hydrogen) atoms. The molecule has 0 aromatic carbocycles. The highest BCUT2D eigenvalue weighted by molar-refractivity contribution is 7.47. The molecule has 0 aliphatic carbocycles. The van der Waals surface area contributed by atoms with Gasteiger partial charge in [0.1, 0.15) is 0 Å². The van der Waals surface area contributed by atoms with E-state index in [-0.39, 0.29) is 0 Å². The highest BCUT2D eigenvalue weighted by Crippen LogP contribution is 2.33. The van der Waals surface area contributed by atoms with Crippen molar-refractivity contribution in [2.75, 3.05) is 6.66 Å². The summed E-state index contributed by atoms with van der Waals surface area (Å²) in [7, 11) is -1.51. The lowest BCUT2D eigenvalue weighted by Gasteiger charge is -2.08. The first-order chi connectivity index (χ1) is 5.60. The molecule has 0 aromatic heterocycles. The van der Waals surface area contributed by atoms with Gasteiger partial charge in [0.25, 0.3) is 8.38 Å². The summed E-state index contributed by atoms with van der Waals surface area (Å²) in [6.45, 7) is 7.86. The third-order valence-electron chi connectivity index (χ3n) is 0.770. The fourth-order valence-corrected chi connectivity index (χ4v) is 1.04. The maximum Gasteiger partial charge on any atom is 0.335 e. The molecule has 0 N–H and O–H groups in total. The number of rotatable bonds is 4. The van der Waals surface area contributed by atoms with Gasteiger partial charge in [-0.3, -0.25) is 0 Å². The van der Waals surface area contributed by atoms with Crippen molar-refractivity contribution in [2.45, 2.75) is 0 Å². The van der Waals surface area contributed by atoms with Crippen LogP contribution in [0.1, 0.15) is 0 Å². The molecule has 0 unspecified atom stereocenters. The van der Waals surface area contributed by atoms with E-state index in [1.165, 1.54) is 6.66 Å². The summed E-state index contributed by atoms with van der Waals surface area (Å²) in [6, 6.07) is 0. The molecule has 0 heterocycles. The molecule has 0 saturated carbocycles. The maximum absolute atomic E-state index is 10.6. The Labute approximate surface area is 71.8 Å². The largest absolute Gasteiger partial charge is 0.404 e. The van der Waals surface area contributed by atoms with Crippen molar-refractivity contribution >= 4 is 20.3 Å². The minimum atomic E-state index is -1.51. The average molecular weight is 188 g/mol. The molecule has 0 saturated heterocycles. The van der Waals surface area contributed by atoms with Crippen LogP contribution in [0.4, 0.5) is 0 Å². The van der Waals surface area contributed by atoms with Crippen LogP contribution in [0.5, 0.6) is 0 Å². The van der Waals surface area contributed by atoms with Crippen molar-refractivity contribution in [3.8, 4) is 0 Å². The van der Waals surface area contributed by atoms with Gasteiger partial charge in [0.05, 0.1) is 0 Å². The van der Waals surface area contributed by atoms with Gasteiger partial charge in [-0.2, -0.15) is 0 Å². The Kier molecular flexibility index (Phi) is 4.97. The first-order valence-electron chi connectivity index (χ1n) is 3.02. The van der Waals surface area contributed by atoms with Crippen molar-refractivity contribution in [1.29, 1.82) is 0 Å². The van der Waals surface area contributed by atoms with E-state index >= 15 is 0 Å². The highest BCUT2D eigenvalue weighted by atomic mass is 31.2. The van der Waals surface area contributed by atoms with Crippen molar-refractivity contribution in [3.05, 3.63) is 25.3 Å². The van der Waals surface area contributed by atoms with Gasteiger partial charge in [0.2, 0.25) is 0 Å². The summed E-state index contributed by atoms with van der Waals surface area (Å²) in [5, 5.41) is 0. The zero-order valence-electron chi connectivity index (χ0n) is 6.65. The zero-order valence-corrected chi connectivity index (χ0v) is 7.54. The van der Waals surface area contributed by atoms with E-state index in [0.717, 1.165) is 12.2 Å². The molecule has 5 heteroatoms. The molecule has 66 valence electrons. The van der Waals surface area contributed by atoms with Crippen LogP contribution in [0.2, 0.25) is 0 Å². The van der Waals surface area contributed by atoms with Crippen molar-refractivity contribution in [2.24, 2.45) is 0 Å². The summed E-state index contributed by atoms with van der Waals surface area (Å²) >= 11 is 0. The average Bonchev–Trinajstić information content (AvgIpc) is 2.03.